The minimum Gasteiger partial charge on any atom is -0.462 e. The van der Waals surface area contributed by atoms with Crippen LogP contribution in [-0.2, 0) is 30.6 Å². The molecular weight excluding hydrogens is 557 g/mol. The summed E-state index contributed by atoms with van der Waals surface area (Å²) in [6.07, 6.45) is 6.28. The largest absolute Gasteiger partial charge is 0.462 e. The Morgan fingerprint density at radius 1 is 1.12 bits per heavy atom. The van der Waals surface area contributed by atoms with E-state index in [1.54, 1.807) is 0 Å². The third-order valence-electron chi connectivity index (χ3n) is 9.22. The molecule has 42 heavy (non-hydrogen) atoms. The summed E-state index contributed by atoms with van der Waals surface area (Å²) in [6, 6.07) is 6.50. The first-order chi connectivity index (χ1) is 20.3. The molecule has 0 saturated carbocycles. The number of fused-ring (bicyclic) bond motifs is 2. The summed E-state index contributed by atoms with van der Waals surface area (Å²) in [5, 5.41) is 10.3. The number of amides is 1. The van der Waals surface area contributed by atoms with Crippen molar-refractivity contribution in [3.05, 3.63) is 51.9 Å². The van der Waals surface area contributed by atoms with Gasteiger partial charge in [-0.3, -0.25) is 4.79 Å². The summed E-state index contributed by atoms with van der Waals surface area (Å²) in [6.45, 7) is 7.19. The van der Waals surface area contributed by atoms with E-state index in [0.29, 0.717) is 38.3 Å². The summed E-state index contributed by atoms with van der Waals surface area (Å²) < 4.78 is 20.0. The lowest BCUT2D eigenvalue weighted by Crippen LogP contribution is -2.55. The van der Waals surface area contributed by atoms with E-state index in [1.807, 2.05) is 6.07 Å². The number of rotatable bonds is 7. The van der Waals surface area contributed by atoms with Gasteiger partial charge in [-0.05, 0) is 69.3 Å². The zero-order chi connectivity index (χ0) is 29.4. The quantitative estimate of drug-likeness (QED) is 0.444. The topological polar surface area (TPSA) is 88.8 Å². The van der Waals surface area contributed by atoms with Crippen molar-refractivity contribution < 1.29 is 13.9 Å². The molecule has 0 radical (unpaired) electrons. The van der Waals surface area contributed by atoms with Gasteiger partial charge < -0.3 is 24.3 Å². The maximum absolute atomic E-state index is 13.8. The van der Waals surface area contributed by atoms with E-state index in [4.69, 9.17) is 26.3 Å². The number of benzene rings is 1. The number of aromatic nitrogens is 2. The molecule has 2 saturated heterocycles. The minimum absolute atomic E-state index is 0.0888. The van der Waals surface area contributed by atoms with Gasteiger partial charge in [0.1, 0.15) is 12.4 Å². The number of nitriles is 1. The van der Waals surface area contributed by atoms with Gasteiger partial charge in [0.2, 0.25) is 0 Å². The molecular formula is C31H37ClFN7O2. The van der Waals surface area contributed by atoms with Gasteiger partial charge >= 0.3 is 6.01 Å². The molecule has 1 aliphatic carbocycles. The first kappa shape index (κ1) is 28.7. The lowest BCUT2D eigenvalue weighted by molar-refractivity contribution is -0.131. The number of halogens is 2. The first-order valence-electron chi connectivity index (χ1n) is 14.9. The number of nitrogens with zero attached hydrogens (tertiary/aromatic N) is 7. The number of likely N-dealkylation sites (N-methyl/N-ethyl adjacent to an activating group) is 1. The molecule has 2 fully saturated rings. The third-order valence-corrected chi connectivity index (χ3v) is 9.53. The van der Waals surface area contributed by atoms with Gasteiger partial charge in [0.25, 0.3) is 5.91 Å². The average Bonchev–Trinajstić information content (AvgIpc) is 3.63. The number of carbonyl (C=O) groups is 1. The van der Waals surface area contributed by atoms with Gasteiger partial charge in [-0.2, -0.15) is 15.2 Å². The van der Waals surface area contributed by atoms with E-state index in [1.165, 1.54) is 16.0 Å². The third kappa shape index (κ3) is 5.52. The van der Waals surface area contributed by atoms with Crippen LogP contribution in [0.2, 0.25) is 5.02 Å². The van der Waals surface area contributed by atoms with E-state index < -0.39 is 17.8 Å². The van der Waals surface area contributed by atoms with E-state index >= 15 is 0 Å². The molecule has 3 aliphatic heterocycles. The Morgan fingerprint density at radius 3 is 2.74 bits per heavy atom. The summed E-state index contributed by atoms with van der Waals surface area (Å²) in [5.41, 5.74) is 5.78. The highest BCUT2D eigenvalue weighted by atomic mass is 35.5. The molecule has 4 heterocycles. The Kier molecular flexibility index (Phi) is 8.24. The molecule has 11 heteroatoms. The fourth-order valence-corrected chi connectivity index (χ4v) is 7.27. The van der Waals surface area contributed by atoms with Crippen LogP contribution in [-0.4, -0.2) is 84.1 Å². The van der Waals surface area contributed by atoms with E-state index in [-0.39, 0.29) is 13.0 Å². The Morgan fingerprint density at radius 2 is 1.98 bits per heavy atom. The van der Waals surface area contributed by atoms with Crippen LogP contribution < -0.4 is 14.5 Å². The molecule has 0 bridgehead atoms. The van der Waals surface area contributed by atoms with Crippen LogP contribution in [0.4, 0.5) is 15.9 Å². The predicted octanol–water partition coefficient (Wildman–Crippen LogP) is 4.07. The number of piperazine rings is 1. The van der Waals surface area contributed by atoms with Gasteiger partial charge in [0.05, 0.1) is 41.5 Å². The SMILES string of the molecule is C=C(F)C(=O)N1CCN(c2nc(OC[C@@H]3CCCN3C)nc3c2CCN(c2c(Cl)ccc4c2CCC4)C3)C[C@@H]1CC#N. The number of anilines is 2. The molecule has 1 aromatic carbocycles. The van der Waals surface area contributed by atoms with Crippen LogP contribution in [0.3, 0.4) is 0 Å². The van der Waals surface area contributed by atoms with Gasteiger partial charge in [-0.1, -0.05) is 24.2 Å². The van der Waals surface area contributed by atoms with Crippen LogP contribution in [0.1, 0.15) is 48.1 Å². The highest BCUT2D eigenvalue weighted by Gasteiger charge is 2.35. The smallest absolute Gasteiger partial charge is 0.318 e. The van der Waals surface area contributed by atoms with Crippen molar-refractivity contribution in [1.82, 2.24) is 19.8 Å². The summed E-state index contributed by atoms with van der Waals surface area (Å²) >= 11 is 6.79. The normalized spacial score (nSPS) is 22.1. The van der Waals surface area contributed by atoms with Crippen LogP contribution in [0.5, 0.6) is 6.01 Å². The monoisotopic (exact) mass is 593 g/mol. The van der Waals surface area contributed by atoms with Crippen molar-refractivity contribution in [2.45, 2.75) is 63.6 Å². The Bertz CT molecular complexity index is 1430. The predicted molar refractivity (Wildman–Crippen MR) is 160 cm³/mol. The van der Waals surface area contributed by atoms with Crippen molar-refractivity contribution in [1.29, 1.82) is 5.26 Å². The first-order valence-corrected chi connectivity index (χ1v) is 15.3. The second-order valence-corrected chi connectivity index (χ2v) is 12.2. The Balaban J connectivity index is 1.32. The number of hydrogen-bond donors (Lipinski definition) is 0. The maximum atomic E-state index is 13.8. The van der Waals surface area contributed by atoms with E-state index in [2.05, 4.69) is 40.5 Å². The van der Waals surface area contributed by atoms with E-state index in [9.17, 15) is 14.4 Å². The molecule has 1 aromatic heterocycles. The molecule has 0 unspecified atom stereocenters. The van der Waals surface area contributed by atoms with Crippen LogP contribution >= 0.6 is 11.6 Å². The van der Waals surface area contributed by atoms with E-state index in [0.717, 1.165) is 79.4 Å². The number of ether oxygens (including phenoxy) is 1. The van der Waals surface area contributed by atoms with Gasteiger partial charge in [-0.15, -0.1) is 0 Å². The molecule has 4 aliphatic rings. The van der Waals surface area contributed by atoms with Crippen LogP contribution in [0.15, 0.2) is 24.5 Å². The molecule has 0 N–H and O–H groups in total. The zero-order valence-electron chi connectivity index (χ0n) is 24.1. The molecule has 0 spiro atoms. The fourth-order valence-electron chi connectivity index (χ4n) is 6.98. The number of hydrogen-bond acceptors (Lipinski definition) is 8. The fraction of sp³-hybridized carbons (Fsp3) is 0.548. The Labute approximate surface area is 251 Å². The lowest BCUT2D eigenvalue weighted by Gasteiger charge is -2.42. The molecule has 1 amide bonds. The standard InChI is InChI=1S/C31H37ClFN7O2/c1-20(33)30(41)40-16-15-39(17-22(40)10-12-34)29-25-11-14-38(28-24-7-3-5-21(24)8-9-26(28)32)18-27(25)35-31(36-29)42-19-23-6-4-13-37(23)2/h8-9,22-23H,1,3-7,10-11,13-19H2,2H3/t22-,23-/m0/s1. The van der Waals surface area contributed by atoms with Gasteiger partial charge in [-0.25, -0.2) is 4.39 Å². The van der Waals surface area contributed by atoms with Crippen molar-refractivity contribution in [3.63, 3.8) is 0 Å². The van der Waals surface area contributed by atoms with Crippen LogP contribution in [0, 0.1) is 11.3 Å². The molecule has 222 valence electrons. The van der Waals surface area contributed by atoms with Crippen molar-refractivity contribution >= 4 is 29.0 Å². The number of aryl methyl sites for hydroxylation is 1. The Hall–Kier alpha value is -3.42. The number of likely N-dealkylation sites (tertiary alicyclic amines) is 1. The van der Waals surface area contributed by atoms with Gasteiger partial charge in [0, 0.05) is 37.8 Å². The van der Waals surface area contributed by atoms with Gasteiger partial charge in [0.15, 0.2) is 5.83 Å². The molecule has 2 aromatic rings. The molecule has 2 atom stereocenters. The lowest BCUT2D eigenvalue weighted by atomic mass is 10.0. The second-order valence-electron chi connectivity index (χ2n) is 11.8. The minimum atomic E-state index is -1.01. The summed E-state index contributed by atoms with van der Waals surface area (Å²) in [7, 11) is 2.11. The van der Waals surface area contributed by atoms with Crippen molar-refractivity contribution in [2.75, 3.05) is 56.2 Å². The highest BCUT2D eigenvalue weighted by Crippen LogP contribution is 2.40. The van der Waals surface area contributed by atoms with Crippen molar-refractivity contribution in [3.8, 4) is 12.1 Å². The van der Waals surface area contributed by atoms with Crippen molar-refractivity contribution in [2.24, 2.45) is 0 Å². The average molecular weight is 594 g/mol. The molecule has 9 nitrogen and oxygen atoms in total. The zero-order valence-corrected chi connectivity index (χ0v) is 24.9. The summed E-state index contributed by atoms with van der Waals surface area (Å²) in [4.78, 5) is 30.5. The number of carbonyl (C=O) groups excluding carboxylic acids is 1. The summed E-state index contributed by atoms with van der Waals surface area (Å²) in [5.74, 6) is -0.996. The second kappa shape index (κ2) is 12.1. The maximum Gasteiger partial charge on any atom is 0.318 e. The molecule has 6 rings (SSSR count). The van der Waals surface area contributed by atoms with Crippen LogP contribution in [0.25, 0.3) is 0 Å². The highest BCUT2D eigenvalue weighted by molar-refractivity contribution is 6.33.